The van der Waals surface area contributed by atoms with E-state index in [1.807, 2.05) is 6.07 Å². The van der Waals surface area contributed by atoms with Gasteiger partial charge in [0.25, 0.3) is 0 Å². The van der Waals surface area contributed by atoms with Gasteiger partial charge in [-0.1, -0.05) is 72.8 Å². The van der Waals surface area contributed by atoms with E-state index in [2.05, 4.69) is 75.0 Å². The summed E-state index contributed by atoms with van der Waals surface area (Å²) in [5.74, 6) is 0. The second-order valence-electron chi connectivity index (χ2n) is 4.59. The van der Waals surface area contributed by atoms with Crippen LogP contribution in [0.25, 0.3) is 11.1 Å². The van der Waals surface area contributed by atoms with Crippen molar-refractivity contribution in [1.82, 2.24) is 0 Å². The molecule has 0 aliphatic heterocycles. The second-order valence-corrected chi connectivity index (χ2v) is 4.59. The molecule has 0 aliphatic rings. The van der Waals surface area contributed by atoms with Gasteiger partial charge in [0.15, 0.2) is 0 Å². The molecule has 0 spiro atoms. The summed E-state index contributed by atoms with van der Waals surface area (Å²) >= 11 is 0. The largest absolute Gasteiger partial charge is 0.0911 e. The van der Waals surface area contributed by atoms with Crippen LogP contribution in [0.4, 0.5) is 0 Å². The molecule has 0 heteroatoms. The van der Waals surface area contributed by atoms with Crippen LogP contribution in [0.2, 0.25) is 0 Å². The molecule has 0 fully saturated rings. The van der Waals surface area contributed by atoms with Crippen LogP contribution >= 0.6 is 0 Å². The van der Waals surface area contributed by atoms with Gasteiger partial charge < -0.3 is 0 Å². The van der Waals surface area contributed by atoms with E-state index in [1.165, 1.54) is 22.3 Å². The SMILES string of the molecule is C=C(/C=C(\C)c1ccccc1)c1cccc(C)c1. The molecule has 0 amide bonds. The third kappa shape index (κ3) is 2.98. The molecule has 0 aliphatic carbocycles. The summed E-state index contributed by atoms with van der Waals surface area (Å²) in [6, 6.07) is 18.8. The van der Waals surface area contributed by atoms with Gasteiger partial charge in [-0.2, -0.15) is 0 Å². The van der Waals surface area contributed by atoms with Crippen LogP contribution in [0.15, 0.2) is 67.3 Å². The molecule has 0 unspecified atom stereocenters. The maximum atomic E-state index is 4.16. The van der Waals surface area contributed by atoms with Gasteiger partial charge in [-0.3, -0.25) is 0 Å². The molecule has 2 aromatic carbocycles. The highest BCUT2D eigenvalue weighted by Crippen LogP contribution is 2.21. The lowest BCUT2D eigenvalue weighted by Crippen LogP contribution is -1.83. The predicted octanol–water partition coefficient (Wildman–Crippen LogP) is 5.11. The number of aryl methyl sites for hydroxylation is 1. The van der Waals surface area contributed by atoms with Crippen LogP contribution in [-0.4, -0.2) is 0 Å². The molecule has 0 radical (unpaired) electrons. The fourth-order valence-corrected chi connectivity index (χ4v) is 1.97. The highest BCUT2D eigenvalue weighted by Gasteiger charge is 1.99. The predicted molar refractivity (Wildman–Crippen MR) is 80.3 cm³/mol. The van der Waals surface area contributed by atoms with Crippen molar-refractivity contribution in [3.05, 3.63) is 83.9 Å². The summed E-state index contributed by atoms with van der Waals surface area (Å²) in [4.78, 5) is 0. The van der Waals surface area contributed by atoms with Crippen molar-refractivity contribution < 1.29 is 0 Å². The number of hydrogen-bond donors (Lipinski definition) is 0. The van der Waals surface area contributed by atoms with Crippen molar-refractivity contribution in [2.75, 3.05) is 0 Å². The van der Waals surface area contributed by atoms with Gasteiger partial charge in [0.05, 0.1) is 0 Å². The molecule has 0 heterocycles. The van der Waals surface area contributed by atoms with Crippen LogP contribution in [0.5, 0.6) is 0 Å². The Hall–Kier alpha value is -2.08. The highest BCUT2D eigenvalue weighted by atomic mass is 14.0. The zero-order valence-corrected chi connectivity index (χ0v) is 11.0. The third-order valence-electron chi connectivity index (χ3n) is 3.01. The molecule has 2 aromatic rings. The van der Waals surface area contributed by atoms with Crippen molar-refractivity contribution in [1.29, 1.82) is 0 Å². The first-order valence-electron chi connectivity index (χ1n) is 6.16. The van der Waals surface area contributed by atoms with Crippen LogP contribution in [0.1, 0.15) is 23.6 Å². The summed E-state index contributed by atoms with van der Waals surface area (Å²) < 4.78 is 0. The normalized spacial score (nSPS) is 11.3. The van der Waals surface area contributed by atoms with Crippen molar-refractivity contribution in [2.24, 2.45) is 0 Å². The fraction of sp³-hybridized carbons (Fsp3) is 0.111. The number of hydrogen-bond acceptors (Lipinski definition) is 0. The second kappa shape index (κ2) is 5.50. The van der Waals surface area contributed by atoms with E-state index in [0.29, 0.717) is 0 Å². The molecule has 0 saturated carbocycles. The average molecular weight is 234 g/mol. The Labute approximate surface area is 109 Å². The Morgan fingerprint density at radius 3 is 2.28 bits per heavy atom. The first kappa shape index (κ1) is 12.4. The minimum atomic E-state index is 1.06. The Bertz CT molecular complexity index is 574. The Morgan fingerprint density at radius 2 is 1.61 bits per heavy atom. The van der Waals surface area contributed by atoms with Crippen LogP contribution < -0.4 is 0 Å². The Balaban J connectivity index is 2.26. The third-order valence-corrected chi connectivity index (χ3v) is 3.01. The molecule has 0 aromatic heterocycles. The van der Waals surface area contributed by atoms with Gasteiger partial charge in [0, 0.05) is 0 Å². The quantitative estimate of drug-likeness (QED) is 0.647. The van der Waals surface area contributed by atoms with E-state index in [0.717, 1.165) is 5.57 Å². The number of benzene rings is 2. The molecular formula is C18H18. The maximum absolute atomic E-state index is 4.16. The van der Waals surface area contributed by atoms with E-state index in [9.17, 15) is 0 Å². The van der Waals surface area contributed by atoms with Crippen LogP contribution in [0, 0.1) is 6.92 Å². The number of rotatable bonds is 3. The Morgan fingerprint density at radius 1 is 0.944 bits per heavy atom. The van der Waals surface area contributed by atoms with E-state index in [1.54, 1.807) is 0 Å². The summed E-state index contributed by atoms with van der Waals surface area (Å²) in [6.45, 7) is 8.38. The van der Waals surface area contributed by atoms with Crippen molar-refractivity contribution in [3.63, 3.8) is 0 Å². The molecule has 0 atom stereocenters. The van der Waals surface area contributed by atoms with Gasteiger partial charge in [0.1, 0.15) is 0 Å². The van der Waals surface area contributed by atoms with E-state index in [4.69, 9.17) is 0 Å². The summed E-state index contributed by atoms with van der Waals surface area (Å²) in [5.41, 5.74) is 5.98. The van der Waals surface area contributed by atoms with Gasteiger partial charge in [0.2, 0.25) is 0 Å². The lowest BCUT2D eigenvalue weighted by atomic mass is 10.00. The average Bonchev–Trinajstić information content (AvgIpc) is 2.39. The minimum absolute atomic E-state index is 1.06. The lowest BCUT2D eigenvalue weighted by Gasteiger charge is -2.05. The van der Waals surface area contributed by atoms with Gasteiger partial charge in [-0.25, -0.2) is 0 Å². The van der Waals surface area contributed by atoms with E-state index >= 15 is 0 Å². The standard InChI is InChI=1S/C18H18/c1-14-8-7-11-18(12-14)16(3)13-15(2)17-9-5-4-6-10-17/h4-13H,3H2,1-2H3/b15-13+. The topological polar surface area (TPSA) is 0 Å². The summed E-state index contributed by atoms with van der Waals surface area (Å²) in [7, 11) is 0. The molecule has 0 nitrogen and oxygen atoms in total. The molecule has 2 rings (SSSR count). The van der Waals surface area contributed by atoms with Crippen LogP contribution in [-0.2, 0) is 0 Å². The van der Waals surface area contributed by atoms with Gasteiger partial charge in [-0.15, -0.1) is 0 Å². The smallest absolute Gasteiger partial charge is 0.0187 e. The number of allylic oxidation sites excluding steroid dienone is 3. The van der Waals surface area contributed by atoms with E-state index < -0.39 is 0 Å². The monoisotopic (exact) mass is 234 g/mol. The van der Waals surface area contributed by atoms with Crippen molar-refractivity contribution in [3.8, 4) is 0 Å². The van der Waals surface area contributed by atoms with E-state index in [-0.39, 0.29) is 0 Å². The molecule has 90 valence electrons. The summed E-state index contributed by atoms with van der Waals surface area (Å²) in [6.07, 6.45) is 2.14. The molecular weight excluding hydrogens is 216 g/mol. The molecule has 0 bridgehead atoms. The van der Waals surface area contributed by atoms with Crippen molar-refractivity contribution in [2.45, 2.75) is 13.8 Å². The summed E-state index contributed by atoms with van der Waals surface area (Å²) in [5, 5.41) is 0. The highest BCUT2D eigenvalue weighted by molar-refractivity contribution is 5.82. The molecule has 0 saturated heterocycles. The zero-order chi connectivity index (χ0) is 13.0. The zero-order valence-electron chi connectivity index (χ0n) is 11.0. The van der Waals surface area contributed by atoms with Gasteiger partial charge in [-0.05, 0) is 36.1 Å². The first-order chi connectivity index (χ1) is 8.66. The first-order valence-corrected chi connectivity index (χ1v) is 6.16. The maximum Gasteiger partial charge on any atom is -0.0187 e. The Kier molecular flexibility index (Phi) is 3.78. The van der Waals surface area contributed by atoms with Crippen molar-refractivity contribution >= 4 is 11.1 Å². The lowest BCUT2D eigenvalue weighted by molar-refractivity contribution is 1.45. The molecule has 0 N–H and O–H groups in total. The molecule has 18 heavy (non-hydrogen) atoms. The minimum Gasteiger partial charge on any atom is -0.0911 e. The van der Waals surface area contributed by atoms with Gasteiger partial charge >= 0.3 is 0 Å². The van der Waals surface area contributed by atoms with Crippen LogP contribution in [0.3, 0.4) is 0 Å². The fourth-order valence-electron chi connectivity index (χ4n) is 1.97.